The number of amidine groups is 1. The van der Waals surface area contributed by atoms with E-state index >= 15 is 0 Å². The van der Waals surface area contributed by atoms with Gasteiger partial charge in [0.05, 0.1) is 0 Å². The van der Waals surface area contributed by atoms with Gasteiger partial charge in [-0.2, -0.15) is 0 Å². The van der Waals surface area contributed by atoms with Gasteiger partial charge in [0.1, 0.15) is 5.84 Å². The zero-order valence-corrected chi connectivity index (χ0v) is 14.5. The summed E-state index contributed by atoms with van der Waals surface area (Å²) in [7, 11) is 2.14. The third-order valence-corrected chi connectivity index (χ3v) is 5.08. The molecule has 0 bridgehead atoms. The molecule has 2 fully saturated rings. The maximum atomic E-state index is 13.1. The van der Waals surface area contributed by atoms with Crippen LogP contribution in [0.1, 0.15) is 25.3 Å². The standard InChI is InChI=1S/C18H27N5O/c1-13-11-22(15-6-8-21(2)9-7-15)18(24)23(12-13)16-5-3-4-14(10-16)17(19)20/h3-5,10,13,15H,6-9,11-12H2,1-2H3,(H3,19,20). The van der Waals surface area contributed by atoms with E-state index in [2.05, 4.69) is 23.8 Å². The van der Waals surface area contributed by atoms with Crippen LogP contribution in [0.3, 0.4) is 0 Å². The maximum Gasteiger partial charge on any atom is 0.324 e. The summed E-state index contributed by atoms with van der Waals surface area (Å²) >= 11 is 0. The summed E-state index contributed by atoms with van der Waals surface area (Å²) < 4.78 is 0. The van der Waals surface area contributed by atoms with Crippen molar-refractivity contribution in [2.24, 2.45) is 11.7 Å². The zero-order valence-electron chi connectivity index (χ0n) is 14.5. The smallest absolute Gasteiger partial charge is 0.324 e. The van der Waals surface area contributed by atoms with E-state index in [1.807, 2.05) is 23.1 Å². The SMILES string of the molecule is CC1CN(c2cccc(C(=N)N)c2)C(=O)N(C2CCN(C)CC2)C1. The minimum absolute atomic E-state index is 0.0292. The lowest BCUT2D eigenvalue weighted by Crippen LogP contribution is -2.58. The van der Waals surface area contributed by atoms with E-state index in [9.17, 15) is 4.79 Å². The van der Waals surface area contributed by atoms with Crippen LogP contribution in [0.4, 0.5) is 10.5 Å². The number of urea groups is 1. The van der Waals surface area contributed by atoms with Crippen molar-refractivity contribution in [1.29, 1.82) is 5.41 Å². The monoisotopic (exact) mass is 329 g/mol. The van der Waals surface area contributed by atoms with Crippen molar-refractivity contribution >= 4 is 17.6 Å². The molecule has 3 N–H and O–H groups in total. The third-order valence-electron chi connectivity index (χ3n) is 5.08. The number of likely N-dealkylation sites (tertiary alicyclic amines) is 1. The number of nitrogens with one attached hydrogen (secondary N) is 1. The van der Waals surface area contributed by atoms with Crippen molar-refractivity contribution in [2.45, 2.75) is 25.8 Å². The average Bonchev–Trinajstić information content (AvgIpc) is 2.57. The van der Waals surface area contributed by atoms with Gasteiger partial charge in [0.2, 0.25) is 0 Å². The topological polar surface area (TPSA) is 76.7 Å². The Balaban J connectivity index is 1.82. The highest BCUT2D eigenvalue weighted by Crippen LogP contribution is 2.27. The van der Waals surface area contributed by atoms with Crippen LogP contribution in [0, 0.1) is 11.3 Å². The lowest BCUT2D eigenvalue weighted by Gasteiger charge is -2.45. The quantitative estimate of drug-likeness (QED) is 0.657. The molecule has 1 atom stereocenters. The first-order valence-electron chi connectivity index (χ1n) is 8.67. The Kier molecular flexibility index (Phi) is 4.76. The van der Waals surface area contributed by atoms with Crippen LogP contribution in [0.15, 0.2) is 24.3 Å². The van der Waals surface area contributed by atoms with Crippen molar-refractivity contribution in [3.05, 3.63) is 29.8 Å². The van der Waals surface area contributed by atoms with Crippen LogP contribution in [0.25, 0.3) is 0 Å². The number of benzene rings is 1. The second-order valence-corrected chi connectivity index (χ2v) is 7.15. The molecular weight excluding hydrogens is 302 g/mol. The summed E-state index contributed by atoms with van der Waals surface area (Å²) in [6.07, 6.45) is 2.08. The number of piperidine rings is 1. The summed E-state index contributed by atoms with van der Waals surface area (Å²) in [6.45, 7) is 5.82. The Morgan fingerprint density at radius 3 is 2.62 bits per heavy atom. The summed E-state index contributed by atoms with van der Waals surface area (Å²) in [5.74, 6) is 0.449. The highest BCUT2D eigenvalue weighted by molar-refractivity contribution is 5.98. The molecule has 3 rings (SSSR count). The summed E-state index contributed by atoms with van der Waals surface area (Å²) in [4.78, 5) is 19.3. The van der Waals surface area contributed by atoms with Gasteiger partial charge in [-0.1, -0.05) is 19.1 Å². The number of hydrogen-bond donors (Lipinski definition) is 2. The van der Waals surface area contributed by atoms with E-state index in [0.29, 0.717) is 24.1 Å². The molecule has 2 amide bonds. The molecule has 6 nitrogen and oxygen atoms in total. The van der Waals surface area contributed by atoms with Gasteiger partial charge < -0.3 is 15.5 Å². The van der Waals surface area contributed by atoms with E-state index in [1.165, 1.54) is 0 Å². The van der Waals surface area contributed by atoms with Crippen molar-refractivity contribution < 1.29 is 4.79 Å². The highest BCUT2D eigenvalue weighted by Gasteiger charge is 2.36. The van der Waals surface area contributed by atoms with E-state index < -0.39 is 0 Å². The average molecular weight is 329 g/mol. The lowest BCUT2D eigenvalue weighted by atomic mass is 9.99. The van der Waals surface area contributed by atoms with Crippen LogP contribution in [0.5, 0.6) is 0 Å². The Bertz CT molecular complexity index is 624. The maximum absolute atomic E-state index is 13.1. The van der Waals surface area contributed by atoms with Crippen LogP contribution in [-0.2, 0) is 0 Å². The fourth-order valence-electron chi connectivity index (χ4n) is 3.69. The molecule has 2 saturated heterocycles. The molecule has 0 radical (unpaired) electrons. The van der Waals surface area contributed by atoms with Gasteiger partial charge in [-0.05, 0) is 51.0 Å². The second-order valence-electron chi connectivity index (χ2n) is 7.15. The zero-order chi connectivity index (χ0) is 17.3. The fourth-order valence-corrected chi connectivity index (χ4v) is 3.69. The molecule has 24 heavy (non-hydrogen) atoms. The number of amides is 2. The first kappa shape index (κ1) is 16.8. The van der Waals surface area contributed by atoms with Gasteiger partial charge >= 0.3 is 6.03 Å². The second kappa shape index (κ2) is 6.81. The molecule has 0 spiro atoms. The van der Waals surface area contributed by atoms with Crippen LogP contribution in [-0.4, -0.2) is 60.9 Å². The first-order valence-corrected chi connectivity index (χ1v) is 8.67. The van der Waals surface area contributed by atoms with Crippen LogP contribution in [0.2, 0.25) is 0 Å². The van der Waals surface area contributed by atoms with Gasteiger partial charge in [-0.3, -0.25) is 10.3 Å². The number of anilines is 1. The number of nitrogens with zero attached hydrogens (tertiary/aromatic N) is 3. The van der Waals surface area contributed by atoms with Gasteiger partial charge in [0, 0.05) is 30.4 Å². The van der Waals surface area contributed by atoms with Crippen molar-refractivity contribution in [3.63, 3.8) is 0 Å². The number of rotatable bonds is 3. The predicted molar refractivity (Wildman–Crippen MR) is 96.6 cm³/mol. The molecule has 0 aromatic heterocycles. The van der Waals surface area contributed by atoms with Gasteiger partial charge in [0.25, 0.3) is 0 Å². The fraction of sp³-hybridized carbons (Fsp3) is 0.556. The highest BCUT2D eigenvalue weighted by atomic mass is 16.2. The number of nitrogen functional groups attached to an aromatic ring is 1. The van der Waals surface area contributed by atoms with Gasteiger partial charge in [-0.15, -0.1) is 0 Å². The molecule has 2 heterocycles. The van der Waals surface area contributed by atoms with E-state index in [1.54, 1.807) is 6.07 Å². The summed E-state index contributed by atoms with van der Waals surface area (Å²) in [5, 5.41) is 7.61. The van der Waals surface area contributed by atoms with E-state index in [4.69, 9.17) is 11.1 Å². The van der Waals surface area contributed by atoms with Gasteiger partial charge in [0.15, 0.2) is 0 Å². The van der Waals surface area contributed by atoms with Gasteiger partial charge in [-0.25, -0.2) is 4.79 Å². The molecule has 0 aliphatic carbocycles. The van der Waals surface area contributed by atoms with Crippen molar-refractivity contribution in [3.8, 4) is 0 Å². The van der Waals surface area contributed by atoms with E-state index in [0.717, 1.165) is 38.2 Å². The molecule has 2 aliphatic rings. The van der Waals surface area contributed by atoms with Crippen molar-refractivity contribution in [1.82, 2.24) is 9.80 Å². The van der Waals surface area contributed by atoms with Crippen LogP contribution >= 0.6 is 0 Å². The first-order chi connectivity index (χ1) is 11.5. The van der Waals surface area contributed by atoms with Crippen LogP contribution < -0.4 is 10.6 Å². The molecule has 1 aromatic rings. The molecule has 1 unspecified atom stereocenters. The largest absolute Gasteiger partial charge is 0.384 e. The Morgan fingerprint density at radius 1 is 1.25 bits per heavy atom. The Hall–Kier alpha value is -2.08. The summed E-state index contributed by atoms with van der Waals surface area (Å²) in [6, 6.07) is 7.84. The molecule has 2 aliphatic heterocycles. The molecule has 1 aromatic carbocycles. The predicted octanol–water partition coefficient (Wildman–Crippen LogP) is 1.94. The third kappa shape index (κ3) is 3.38. The Morgan fingerprint density at radius 2 is 1.96 bits per heavy atom. The summed E-state index contributed by atoms with van der Waals surface area (Å²) in [5.41, 5.74) is 7.08. The lowest BCUT2D eigenvalue weighted by molar-refractivity contribution is 0.115. The minimum atomic E-state index is 0.0292. The molecule has 6 heteroatoms. The number of carbonyl (C=O) groups is 1. The Labute approximate surface area is 143 Å². The number of carbonyl (C=O) groups excluding carboxylic acids is 1. The molecule has 0 saturated carbocycles. The molecule has 130 valence electrons. The van der Waals surface area contributed by atoms with Crippen molar-refractivity contribution in [2.75, 3.05) is 38.1 Å². The molecular formula is C18H27N5O. The minimum Gasteiger partial charge on any atom is -0.384 e. The number of nitrogens with two attached hydrogens (primary N) is 1. The normalized spacial score (nSPS) is 23.6. The van der Waals surface area contributed by atoms with E-state index in [-0.39, 0.29) is 11.9 Å². The number of hydrogen-bond acceptors (Lipinski definition) is 3.